The third kappa shape index (κ3) is 4.04. The second-order valence-corrected chi connectivity index (χ2v) is 7.82. The van der Waals surface area contributed by atoms with Crippen molar-refractivity contribution in [2.45, 2.75) is 51.0 Å². The van der Waals surface area contributed by atoms with Crippen molar-refractivity contribution in [1.29, 1.82) is 0 Å². The van der Waals surface area contributed by atoms with Crippen molar-refractivity contribution in [3.63, 3.8) is 0 Å². The molecule has 5 heteroatoms. The van der Waals surface area contributed by atoms with Gasteiger partial charge in [-0.15, -0.1) is 0 Å². The topological polar surface area (TPSA) is 50.8 Å². The first-order chi connectivity index (χ1) is 12.6. The number of hydrogen-bond donors (Lipinski definition) is 1. The first kappa shape index (κ1) is 19.2. The SMILES string of the molecule is COCCCNC(=O)c1ccc2c(c1)C1(CCO2)CCN(C(C)C)CC1. The van der Waals surface area contributed by atoms with Crippen molar-refractivity contribution in [2.24, 2.45) is 0 Å². The second-order valence-electron chi connectivity index (χ2n) is 7.82. The molecule has 26 heavy (non-hydrogen) atoms. The van der Waals surface area contributed by atoms with Crippen molar-refractivity contribution in [3.8, 4) is 5.75 Å². The fourth-order valence-corrected chi connectivity index (χ4v) is 4.21. The maximum absolute atomic E-state index is 12.5. The number of nitrogens with one attached hydrogen (secondary N) is 1. The van der Waals surface area contributed by atoms with E-state index >= 15 is 0 Å². The van der Waals surface area contributed by atoms with Crippen LogP contribution in [0, 0.1) is 0 Å². The van der Waals surface area contributed by atoms with Gasteiger partial charge in [-0.25, -0.2) is 0 Å². The van der Waals surface area contributed by atoms with E-state index in [2.05, 4.69) is 30.1 Å². The van der Waals surface area contributed by atoms with Crippen LogP contribution in [0.1, 0.15) is 55.5 Å². The molecule has 1 aromatic carbocycles. The van der Waals surface area contributed by atoms with Gasteiger partial charge in [-0.1, -0.05) is 0 Å². The van der Waals surface area contributed by atoms with Crippen molar-refractivity contribution < 1.29 is 14.3 Å². The highest BCUT2D eigenvalue weighted by molar-refractivity contribution is 5.94. The molecule has 0 atom stereocenters. The summed E-state index contributed by atoms with van der Waals surface area (Å²) in [6, 6.07) is 6.53. The lowest BCUT2D eigenvalue weighted by Gasteiger charge is -2.46. The lowest BCUT2D eigenvalue weighted by atomic mass is 9.69. The van der Waals surface area contributed by atoms with Gasteiger partial charge in [-0.05, 0) is 70.8 Å². The average Bonchev–Trinajstić information content (AvgIpc) is 2.65. The van der Waals surface area contributed by atoms with E-state index in [9.17, 15) is 4.79 Å². The van der Waals surface area contributed by atoms with Crippen LogP contribution in [0.3, 0.4) is 0 Å². The number of carbonyl (C=O) groups is 1. The quantitative estimate of drug-likeness (QED) is 0.793. The van der Waals surface area contributed by atoms with Gasteiger partial charge in [0.2, 0.25) is 0 Å². The Kier molecular flexibility index (Phi) is 6.20. The zero-order chi connectivity index (χ0) is 18.6. The van der Waals surface area contributed by atoms with E-state index in [0.29, 0.717) is 19.2 Å². The molecule has 0 saturated carbocycles. The number of likely N-dealkylation sites (tertiary alicyclic amines) is 1. The Morgan fingerprint density at radius 1 is 1.31 bits per heavy atom. The predicted octanol–water partition coefficient (Wildman–Crippen LogP) is 2.98. The number of carbonyl (C=O) groups excluding carboxylic acids is 1. The lowest BCUT2D eigenvalue weighted by Crippen LogP contribution is -2.47. The minimum absolute atomic E-state index is 0.00996. The zero-order valence-electron chi connectivity index (χ0n) is 16.3. The molecule has 1 fully saturated rings. The van der Waals surface area contributed by atoms with Gasteiger partial charge in [0, 0.05) is 42.8 Å². The molecule has 0 bridgehead atoms. The minimum atomic E-state index is -0.00996. The smallest absolute Gasteiger partial charge is 0.251 e. The van der Waals surface area contributed by atoms with E-state index in [0.717, 1.165) is 56.7 Å². The fourth-order valence-electron chi connectivity index (χ4n) is 4.21. The summed E-state index contributed by atoms with van der Waals surface area (Å²) in [5.74, 6) is 0.953. The molecule has 2 aliphatic rings. The Morgan fingerprint density at radius 3 is 2.77 bits per heavy atom. The van der Waals surface area contributed by atoms with Crippen molar-refractivity contribution in [3.05, 3.63) is 29.3 Å². The summed E-state index contributed by atoms with van der Waals surface area (Å²) in [7, 11) is 1.68. The van der Waals surface area contributed by atoms with Gasteiger partial charge >= 0.3 is 0 Å². The number of nitrogens with zero attached hydrogens (tertiary/aromatic N) is 1. The normalized spacial score (nSPS) is 19.2. The molecule has 144 valence electrons. The summed E-state index contributed by atoms with van der Waals surface area (Å²) in [6.07, 6.45) is 4.15. The number of methoxy groups -OCH3 is 1. The summed E-state index contributed by atoms with van der Waals surface area (Å²) >= 11 is 0. The summed E-state index contributed by atoms with van der Waals surface area (Å²) in [6.45, 7) is 8.83. The van der Waals surface area contributed by atoms with E-state index in [4.69, 9.17) is 9.47 Å². The van der Waals surface area contributed by atoms with Crippen LogP contribution in [0.2, 0.25) is 0 Å². The molecule has 1 amide bonds. The van der Waals surface area contributed by atoms with Crippen LogP contribution in [0.15, 0.2) is 18.2 Å². The van der Waals surface area contributed by atoms with E-state index in [-0.39, 0.29) is 11.3 Å². The summed E-state index contributed by atoms with van der Waals surface area (Å²) < 4.78 is 10.9. The Labute approximate surface area is 157 Å². The monoisotopic (exact) mass is 360 g/mol. The first-order valence-corrected chi connectivity index (χ1v) is 9.84. The number of ether oxygens (including phenoxy) is 2. The Balaban J connectivity index is 1.75. The summed E-state index contributed by atoms with van der Waals surface area (Å²) in [5, 5.41) is 2.99. The molecule has 0 aliphatic carbocycles. The highest BCUT2D eigenvalue weighted by Crippen LogP contribution is 2.46. The van der Waals surface area contributed by atoms with Crippen molar-refractivity contribution in [1.82, 2.24) is 10.2 Å². The molecular weight excluding hydrogens is 328 g/mol. The summed E-state index contributed by atoms with van der Waals surface area (Å²) in [4.78, 5) is 15.1. The first-order valence-electron chi connectivity index (χ1n) is 9.84. The Hall–Kier alpha value is -1.59. The minimum Gasteiger partial charge on any atom is -0.493 e. The Morgan fingerprint density at radius 2 is 2.08 bits per heavy atom. The average molecular weight is 360 g/mol. The molecule has 3 rings (SSSR count). The highest BCUT2D eigenvalue weighted by Gasteiger charge is 2.41. The standard InChI is InChI=1S/C21H32N2O3/c1-16(2)23-11-7-21(8-12-23)9-14-26-19-6-5-17(15-18(19)21)20(24)22-10-4-13-25-3/h5-6,15-16H,4,7-14H2,1-3H3,(H,22,24). The zero-order valence-corrected chi connectivity index (χ0v) is 16.3. The van der Waals surface area contributed by atoms with Crippen LogP contribution in [-0.2, 0) is 10.2 Å². The molecule has 2 aliphatic heterocycles. The van der Waals surface area contributed by atoms with E-state index < -0.39 is 0 Å². The molecule has 5 nitrogen and oxygen atoms in total. The molecule has 0 aromatic heterocycles. The fraction of sp³-hybridized carbons (Fsp3) is 0.667. The van der Waals surface area contributed by atoms with Gasteiger partial charge in [0.15, 0.2) is 0 Å². The van der Waals surface area contributed by atoms with Gasteiger partial charge in [-0.3, -0.25) is 4.79 Å². The van der Waals surface area contributed by atoms with E-state index in [1.54, 1.807) is 7.11 Å². The van der Waals surface area contributed by atoms with Gasteiger partial charge in [-0.2, -0.15) is 0 Å². The summed E-state index contributed by atoms with van der Waals surface area (Å²) in [5.41, 5.74) is 2.12. The number of hydrogen-bond acceptors (Lipinski definition) is 4. The van der Waals surface area contributed by atoms with Crippen molar-refractivity contribution >= 4 is 5.91 Å². The Bertz CT molecular complexity index is 622. The molecule has 0 unspecified atom stereocenters. The number of piperidine rings is 1. The van der Waals surface area contributed by atoms with Crippen LogP contribution in [0.5, 0.6) is 5.75 Å². The number of benzene rings is 1. The number of rotatable bonds is 6. The number of amides is 1. The third-order valence-corrected chi connectivity index (χ3v) is 5.95. The molecule has 1 aromatic rings. The largest absolute Gasteiger partial charge is 0.493 e. The van der Waals surface area contributed by atoms with Crippen LogP contribution in [-0.4, -0.2) is 56.8 Å². The lowest BCUT2D eigenvalue weighted by molar-refractivity contribution is 0.0940. The van der Waals surface area contributed by atoms with Crippen molar-refractivity contribution in [2.75, 3.05) is 40.0 Å². The predicted molar refractivity (Wildman–Crippen MR) is 103 cm³/mol. The molecule has 1 saturated heterocycles. The van der Waals surface area contributed by atoms with Gasteiger partial charge < -0.3 is 19.7 Å². The second kappa shape index (κ2) is 8.40. The van der Waals surface area contributed by atoms with Crippen LogP contribution >= 0.6 is 0 Å². The van der Waals surface area contributed by atoms with E-state index in [1.807, 2.05) is 12.1 Å². The van der Waals surface area contributed by atoms with Gasteiger partial charge in [0.05, 0.1) is 6.61 Å². The van der Waals surface area contributed by atoms with Gasteiger partial charge in [0.25, 0.3) is 5.91 Å². The third-order valence-electron chi connectivity index (χ3n) is 5.95. The van der Waals surface area contributed by atoms with E-state index in [1.165, 1.54) is 5.56 Å². The molecule has 1 N–H and O–H groups in total. The molecule has 0 radical (unpaired) electrons. The maximum atomic E-state index is 12.5. The van der Waals surface area contributed by atoms with Crippen LogP contribution in [0.25, 0.3) is 0 Å². The maximum Gasteiger partial charge on any atom is 0.251 e. The van der Waals surface area contributed by atoms with Crippen LogP contribution in [0.4, 0.5) is 0 Å². The molecule has 2 heterocycles. The van der Waals surface area contributed by atoms with Gasteiger partial charge in [0.1, 0.15) is 5.75 Å². The molecule has 1 spiro atoms. The molecular formula is C21H32N2O3. The highest BCUT2D eigenvalue weighted by atomic mass is 16.5. The van der Waals surface area contributed by atoms with Crippen LogP contribution < -0.4 is 10.1 Å². The number of fused-ring (bicyclic) bond motifs is 2.